The maximum atomic E-state index is 11.4. The van der Waals surface area contributed by atoms with Gasteiger partial charge >= 0.3 is 5.97 Å². The number of thiazole rings is 1. The van der Waals surface area contributed by atoms with Crippen LogP contribution in [-0.4, -0.2) is 40.1 Å². The van der Waals surface area contributed by atoms with Crippen LogP contribution in [0, 0.1) is 0 Å². The summed E-state index contributed by atoms with van der Waals surface area (Å²) >= 11 is 1.44. The number of aromatic nitrogens is 3. The fraction of sp³-hybridized carbons (Fsp3) is 0.0909. The van der Waals surface area contributed by atoms with Crippen molar-refractivity contribution in [2.24, 2.45) is 0 Å². The van der Waals surface area contributed by atoms with Gasteiger partial charge < -0.3 is 20.1 Å². The van der Waals surface area contributed by atoms with E-state index in [9.17, 15) is 9.90 Å². The Hall–Kier alpha value is -3.98. The molecule has 1 aromatic carbocycles. The predicted octanol–water partition coefficient (Wildman–Crippen LogP) is 4.90. The standard InChI is InChI=1S/C22H19N5O3S/c1-27(2)22-26-18(14-7-4-3-5-8-14)21(31-22)30-15-10-12-23-17(13-15)25-19-16(20(28)29)9-6-11-24-19/h3-13H,1-2H3,(H,28,29)(H,23,24,25). The number of carbonyl (C=O) groups is 1. The molecule has 3 aromatic heterocycles. The fourth-order valence-electron chi connectivity index (χ4n) is 2.78. The van der Waals surface area contributed by atoms with Crippen molar-refractivity contribution >= 4 is 34.1 Å². The summed E-state index contributed by atoms with van der Waals surface area (Å²) in [5, 5.41) is 13.8. The van der Waals surface area contributed by atoms with Gasteiger partial charge in [0.25, 0.3) is 0 Å². The van der Waals surface area contributed by atoms with Crippen molar-refractivity contribution in [1.29, 1.82) is 0 Å². The number of benzene rings is 1. The molecule has 156 valence electrons. The number of anilines is 3. The molecule has 4 aromatic rings. The summed E-state index contributed by atoms with van der Waals surface area (Å²) in [5.41, 5.74) is 1.76. The lowest BCUT2D eigenvalue weighted by Crippen LogP contribution is -2.07. The van der Waals surface area contributed by atoms with Gasteiger partial charge in [-0.3, -0.25) is 0 Å². The number of nitrogens with zero attached hydrogens (tertiary/aromatic N) is 4. The van der Waals surface area contributed by atoms with Crippen LogP contribution in [0.4, 0.5) is 16.8 Å². The van der Waals surface area contributed by atoms with Crippen molar-refractivity contribution in [2.75, 3.05) is 24.3 Å². The number of hydrogen-bond donors (Lipinski definition) is 2. The van der Waals surface area contributed by atoms with E-state index < -0.39 is 5.97 Å². The zero-order chi connectivity index (χ0) is 21.8. The summed E-state index contributed by atoms with van der Waals surface area (Å²) < 4.78 is 6.16. The molecule has 0 saturated heterocycles. The molecule has 0 fully saturated rings. The average Bonchev–Trinajstić information content (AvgIpc) is 3.19. The van der Waals surface area contributed by atoms with Crippen LogP contribution in [0.15, 0.2) is 67.0 Å². The van der Waals surface area contributed by atoms with Crippen LogP contribution in [0.1, 0.15) is 10.4 Å². The van der Waals surface area contributed by atoms with Crippen molar-refractivity contribution in [3.8, 4) is 22.1 Å². The third kappa shape index (κ3) is 4.62. The summed E-state index contributed by atoms with van der Waals surface area (Å²) in [5.74, 6) is 0.0856. The Balaban J connectivity index is 1.64. The number of ether oxygens (including phenoxy) is 1. The molecule has 2 N–H and O–H groups in total. The van der Waals surface area contributed by atoms with E-state index in [0.717, 1.165) is 16.4 Å². The molecule has 0 radical (unpaired) electrons. The van der Waals surface area contributed by atoms with Crippen molar-refractivity contribution in [2.45, 2.75) is 0 Å². The van der Waals surface area contributed by atoms with Gasteiger partial charge in [-0.2, -0.15) is 0 Å². The maximum absolute atomic E-state index is 11.4. The molecule has 0 spiro atoms. The molecule has 9 heteroatoms. The highest BCUT2D eigenvalue weighted by Crippen LogP contribution is 2.41. The number of carboxylic acid groups (broad SMARTS) is 1. The Labute approximate surface area is 182 Å². The van der Waals surface area contributed by atoms with E-state index in [2.05, 4.69) is 15.3 Å². The Kier molecular flexibility index (Phi) is 5.76. The highest BCUT2D eigenvalue weighted by Gasteiger charge is 2.17. The lowest BCUT2D eigenvalue weighted by atomic mass is 10.2. The Bertz CT molecular complexity index is 1210. The number of pyridine rings is 2. The van der Waals surface area contributed by atoms with Crippen LogP contribution in [0.25, 0.3) is 11.3 Å². The normalized spacial score (nSPS) is 10.5. The van der Waals surface area contributed by atoms with E-state index in [-0.39, 0.29) is 11.4 Å². The quantitative estimate of drug-likeness (QED) is 0.424. The number of nitrogens with one attached hydrogen (secondary N) is 1. The first-order chi connectivity index (χ1) is 15.0. The van der Waals surface area contributed by atoms with Gasteiger partial charge in [0.15, 0.2) is 5.13 Å². The van der Waals surface area contributed by atoms with Crippen molar-refractivity contribution in [1.82, 2.24) is 15.0 Å². The smallest absolute Gasteiger partial charge is 0.339 e. The largest absolute Gasteiger partial charge is 0.478 e. The maximum Gasteiger partial charge on any atom is 0.339 e. The van der Waals surface area contributed by atoms with E-state index in [1.807, 2.05) is 49.3 Å². The Morgan fingerprint density at radius 2 is 1.87 bits per heavy atom. The van der Waals surface area contributed by atoms with E-state index >= 15 is 0 Å². The predicted molar refractivity (Wildman–Crippen MR) is 121 cm³/mol. The van der Waals surface area contributed by atoms with E-state index in [0.29, 0.717) is 16.6 Å². The van der Waals surface area contributed by atoms with Gasteiger partial charge in [-0.15, -0.1) is 0 Å². The second kappa shape index (κ2) is 8.80. The molecule has 0 unspecified atom stereocenters. The molecule has 3 heterocycles. The van der Waals surface area contributed by atoms with Crippen LogP contribution >= 0.6 is 11.3 Å². The number of hydrogen-bond acceptors (Lipinski definition) is 8. The van der Waals surface area contributed by atoms with Gasteiger partial charge in [-0.1, -0.05) is 41.7 Å². The minimum absolute atomic E-state index is 0.0556. The third-order valence-corrected chi connectivity index (χ3v) is 5.34. The van der Waals surface area contributed by atoms with Crippen molar-refractivity contribution in [3.05, 3.63) is 72.6 Å². The van der Waals surface area contributed by atoms with Crippen LogP contribution in [-0.2, 0) is 0 Å². The molecule has 0 amide bonds. The highest BCUT2D eigenvalue weighted by molar-refractivity contribution is 7.17. The SMILES string of the molecule is CN(C)c1nc(-c2ccccc2)c(Oc2ccnc(Nc3ncccc3C(=O)O)c2)s1. The molecule has 0 aliphatic carbocycles. The first-order valence-electron chi connectivity index (χ1n) is 9.34. The highest BCUT2D eigenvalue weighted by atomic mass is 32.1. The average molecular weight is 433 g/mol. The second-order valence-corrected chi connectivity index (χ2v) is 7.64. The van der Waals surface area contributed by atoms with Gasteiger partial charge in [0.2, 0.25) is 5.06 Å². The summed E-state index contributed by atoms with van der Waals surface area (Å²) in [6, 6.07) is 16.3. The second-order valence-electron chi connectivity index (χ2n) is 6.70. The molecule has 0 aliphatic heterocycles. The van der Waals surface area contributed by atoms with Crippen molar-refractivity contribution in [3.63, 3.8) is 0 Å². The lowest BCUT2D eigenvalue weighted by molar-refractivity contribution is 0.0697. The zero-order valence-electron chi connectivity index (χ0n) is 16.8. The minimum atomic E-state index is -1.07. The Morgan fingerprint density at radius 1 is 1.06 bits per heavy atom. The summed E-state index contributed by atoms with van der Waals surface area (Å²) in [6.45, 7) is 0. The van der Waals surface area contributed by atoms with Crippen LogP contribution < -0.4 is 15.0 Å². The van der Waals surface area contributed by atoms with Gasteiger partial charge in [-0.25, -0.2) is 19.7 Å². The Morgan fingerprint density at radius 3 is 2.61 bits per heavy atom. The van der Waals surface area contributed by atoms with E-state index in [1.54, 1.807) is 24.4 Å². The van der Waals surface area contributed by atoms with Crippen LogP contribution in [0.2, 0.25) is 0 Å². The van der Waals surface area contributed by atoms with E-state index in [1.165, 1.54) is 23.6 Å². The molecular formula is C22H19N5O3S. The van der Waals surface area contributed by atoms with Gasteiger partial charge in [-0.05, 0) is 18.2 Å². The first kappa shape index (κ1) is 20.3. The molecule has 0 aliphatic rings. The molecule has 8 nitrogen and oxygen atoms in total. The lowest BCUT2D eigenvalue weighted by Gasteiger charge is -2.10. The molecule has 4 rings (SSSR count). The van der Waals surface area contributed by atoms with Gasteiger partial charge in [0.05, 0.1) is 0 Å². The van der Waals surface area contributed by atoms with E-state index in [4.69, 9.17) is 9.72 Å². The molecule has 31 heavy (non-hydrogen) atoms. The number of aromatic carboxylic acids is 1. The molecule has 0 saturated carbocycles. The number of rotatable bonds is 7. The van der Waals surface area contributed by atoms with Crippen LogP contribution in [0.5, 0.6) is 10.8 Å². The van der Waals surface area contributed by atoms with Gasteiger partial charge in [0, 0.05) is 38.1 Å². The third-order valence-electron chi connectivity index (χ3n) is 4.24. The summed E-state index contributed by atoms with van der Waals surface area (Å²) in [7, 11) is 3.86. The van der Waals surface area contributed by atoms with Crippen molar-refractivity contribution < 1.29 is 14.6 Å². The molecule has 0 atom stereocenters. The summed E-state index contributed by atoms with van der Waals surface area (Å²) in [4.78, 5) is 26.4. The summed E-state index contributed by atoms with van der Waals surface area (Å²) in [6.07, 6.45) is 3.10. The fourth-order valence-corrected chi connectivity index (χ4v) is 3.67. The van der Waals surface area contributed by atoms with Gasteiger partial charge in [0.1, 0.15) is 28.6 Å². The minimum Gasteiger partial charge on any atom is -0.478 e. The molecular weight excluding hydrogens is 414 g/mol. The van der Waals surface area contributed by atoms with Crippen LogP contribution in [0.3, 0.4) is 0 Å². The first-order valence-corrected chi connectivity index (χ1v) is 10.2. The zero-order valence-corrected chi connectivity index (χ0v) is 17.6. The molecule has 0 bridgehead atoms. The topological polar surface area (TPSA) is 100 Å². The number of carboxylic acids is 1. The monoisotopic (exact) mass is 433 g/mol.